The van der Waals surface area contributed by atoms with E-state index in [2.05, 4.69) is 9.97 Å². The van der Waals surface area contributed by atoms with Gasteiger partial charge in [0, 0.05) is 17.2 Å². The molecule has 0 saturated heterocycles. The van der Waals surface area contributed by atoms with E-state index in [1.54, 1.807) is 18.2 Å². The molecule has 0 aliphatic carbocycles. The molecule has 0 saturated carbocycles. The van der Waals surface area contributed by atoms with E-state index in [0.29, 0.717) is 39.7 Å². The van der Waals surface area contributed by atoms with E-state index in [9.17, 15) is 22.0 Å². The number of hydrogen-bond acceptors (Lipinski definition) is 3. The summed E-state index contributed by atoms with van der Waals surface area (Å²) in [5.41, 5.74) is 1.48. The van der Waals surface area contributed by atoms with Crippen molar-refractivity contribution < 1.29 is 31.4 Å². The summed E-state index contributed by atoms with van der Waals surface area (Å²) in [6, 6.07) is 13.3. The quantitative estimate of drug-likeness (QED) is 0.329. The number of aromatic amines is 1. The Hall–Kier alpha value is -3.88. The molecule has 4 aromatic rings. The molecule has 1 N–H and O–H groups in total. The zero-order chi connectivity index (χ0) is 23.6. The predicted octanol–water partition coefficient (Wildman–Crippen LogP) is 6.63. The molecule has 170 valence electrons. The van der Waals surface area contributed by atoms with Crippen LogP contribution in [0.15, 0.2) is 66.9 Å². The molecule has 0 spiro atoms. The molecule has 0 unspecified atom stereocenters. The maximum Gasteiger partial charge on any atom is 0.416 e. The van der Waals surface area contributed by atoms with Crippen molar-refractivity contribution in [3.8, 4) is 34.1 Å². The molecule has 1 heterocycles. The molecule has 33 heavy (non-hydrogen) atoms. The van der Waals surface area contributed by atoms with Crippen molar-refractivity contribution in [2.45, 2.75) is 12.8 Å². The minimum Gasteiger partial charge on any atom is -0.496 e. The lowest BCUT2D eigenvalue weighted by molar-refractivity contribution is -0.137. The van der Waals surface area contributed by atoms with Gasteiger partial charge in [0.2, 0.25) is 0 Å². The number of nitrogens with one attached hydrogen (secondary N) is 1. The van der Waals surface area contributed by atoms with Crippen LogP contribution >= 0.6 is 0 Å². The Balaban J connectivity index is 1.50. The van der Waals surface area contributed by atoms with Gasteiger partial charge in [-0.05, 0) is 48.0 Å². The normalized spacial score (nSPS) is 11.5. The molecule has 0 aliphatic rings. The van der Waals surface area contributed by atoms with E-state index in [0.717, 1.165) is 24.3 Å². The first-order valence-electron chi connectivity index (χ1n) is 9.72. The molecule has 0 aliphatic heterocycles. The molecular weight excluding hydrogens is 443 g/mol. The number of nitrogens with zero attached hydrogens (tertiary/aromatic N) is 1. The largest absolute Gasteiger partial charge is 0.496 e. The Labute approximate surface area is 185 Å². The Morgan fingerprint density at radius 1 is 0.909 bits per heavy atom. The number of ether oxygens (including phenoxy) is 2. The van der Waals surface area contributed by atoms with Crippen molar-refractivity contribution in [3.63, 3.8) is 0 Å². The van der Waals surface area contributed by atoms with E-state index in [4.69, 9.17) is 9.47 Å². The number of benzene rings is 3. The van der Waals surface area contributed by atoms with Crippen molar-refractivity contribution in [3.05, 3.63) is 89.6 Å². The summed E-state index contributed by atoms with van der Waals surface area (Å²) in [5, 5.41) is 0. The zero-order valence-corrected chi connectivity index (χ0v) is 17.2. The number of imidazole rings is 1. The topological polar surface area (TPSA) is 47.1 Å². The van der Waals surface area contributed by atoms with Crippen LogP contribution < -0.4 is 9.47 Å². The second-order valence-corrected chi connectivity index (χ2v) is 7.12. The van der Waals surface area contributed by atoms with Crippen LogP contribution in [0.2, 0.25) is 0 Å². The molecule has 3 aromatic carbocycles. The number of methoxy groups -OCH3 is 1. The van der Waals surface area contributed by atoms with Crippen LogP contribution in [0.25, 0.3) is 22.6 Å². The standard InChI is InChI=1S/C24H17F5N2O2/c1-32-22-11-17(33-13-14-2-5-16(6-3-14)24(27,28)29)7-8-18(22)21-12-30-23(31-21)15-4-9-19(25)20(26)10-15/h2-12H,13H2,1H3,(H,30,31). The van der Waals surface area contributed by atoms with Gasteiger partial charge in [-0.1, -0.05) is 12.1 Å². The van der Waals surface area contributed by atoms with Crippen LogP contribution in [0.1, 0.15) is 11.1 Å². The minimum atomic E-state index is -4.39. The van der Waals surface area contributed by atoms with Crippen molar-refractivity contribution in [2.75, 3.05) is 7.11 Å². The number of halogens is 5. The van der Waals surface area contributed by atoms with Crippen molar-refractivity contribution in [1.82, 2.24) is 9.97 Å². The van der Waals surface area contributed by atoms with Gasteiger partial charge in [-0.25, -0.2) is 13.8 Å². The average molecular weight is 460 g/mol. The number of aromatic nitrogens is 2. The average Bonchev–Trinajstić information content (AvgIpc) is 3.29. The zero-order valence-electron chi connectivity index (χ0n) is 17.2. The highest BCUT2D eigenvalue weighted by molar-refractivity contribution is 5.70. The molecule has 1 aromatic heterocycles. The van der Waals surface area contributed by atoms with Gasteiger partial charge in [-0.2, -0.15) is 13.2 Å². The van der Waals surface area contributed by atoms with E-state index in [1.807, 2.05) is 0 Å². The van der Waals surface area contributed by atoms with E-state index in [-0.39, 0.29) is 6.61 Å². The second kappa shape index (κ2) is 8.93. The summed E-state index contributed by atoms with van der Waals surface area (Å²) >= 11 is 0. The maximum absolute atomic E-state index is 13.5. The Morgan fingerprint density at radius 2 is 1.67 bits per heavy atom. The van der Waals surface area contributed by atoms with Crippen LogP contribution in [0.4, 0.5) is 22.0 Å². The number of hydrogen-bond donors (Lipinski definition) is 1. The summed E-state index contributed by atoms with van der Waals surface area (Å²) in [6.45, 7) is 0.0744. The summed E-state index contributed by atoms with van der Waals surface area (Å²) < 4.78 is 75.9. The monoisotopic (exact) mass is 460 g/mol. The minimum absolute atomic E-state index is 0.0744. The lowest BCUT2D eigenvalue weighted by Gasteiger charge is -2.12. The van der Waals surface area contributed by atoms with Gasteiger partial charge in [-0.3, -0.25) is 0 Å². The Kier molecular flexibility index (Phi) is 6.04. The molecule has 4 nitrogen and oxygen atoms in total. The maximum atomic E-state index is 13.5. The number of alkyl halides is 3. The van der Waals surface area contributed by atoms with Crippen LogP contribution in [0.5, 0.6) is 11.5 Å². The summed E-state index contributed by atoms with van der Waals surface area (Å²) in [5.74, 6) is -0.651. The lowest BCUT2D eigenvalue weighted by Crippen LogP contribution is -2.05. The molecule has 0 atom stereocenters. The Morgan fingerprint density at radius 3 is 2.33 bits per heavy atom. The molecule has 0 fully saturated rings. The highest BCUT2D eigenvalue weighted by Gasteiger charge is 2.29. The second-order valence-electron chi connectivity index (χ2n) is 7.12. The first-order chi connectivity index (χ1) is 15.7. The molecular formula is C24H17F5N2O2. The van der Waals surface area contributed by atoms with Crippen LogP contribution in [-0.4, -0.2) is 17.1 Å². The van der Waals surface area contributed by atoms with Crippen LogP contribution in [-0.2, 0) is 12.8 Å². The first-order valence-corrected chi connectivity index (χ1v) is 9.72. The van der Waals surface area contributed by atoms with Gasteiger partial charge in [0.25, 0.3) is 0 Å². The van der Waals surface area contributed by atoms with Crippen molar-refractivity contribution in [2.24, 2.45) is 0 Å². The van der Waals surface area contributed by atoms with Gasteiger partial charge in [-0.15, -0.1) is 0 Å². The van der Waals surface area contributed by atoms with Crippen molar-refractivity contribution >= 4 is 0 Å². The third kappa shape index (κ3) is 4.97. The SMILES string of the molecule is COc1cc(OCc2ccc(C(F)(F)F)cc2)ccc1-c1cnc(-c2ccc(F)c(F)c2)[nH]1. The van der Waals surface area contributed by atoms with E-state index in [1.165, 1.54) is 31.5 Å². The van der Waals surface area contributed by atoms with Crippen LogP contribution in [0.3, 0.4) is 0 Å². The fourth-order valence-corrected chi connectivity index (χ4v) is 3.19. The van der Waals surface area contributed by atoms with Gasteiger partial charge < -0.3 is 14.5 Å². The summed E-state index contributed by atoms with van der Waals surface area (Å²) in [6.07, 6.45) is -2.85. The smallest absolute Gasteiger partial charge is 0.416 e. The van der Waals surface area contributed by atoms with Gasteiger partial charge in [0.15, 0.2) is 11.6 Å². The third-order valence-corrected chi connectivity index (χ3v) is 4.92. The Bertz CT molecular complexity index is 1270. The molecule has 4 rings (SSSR count). The summed E-state index contributed by atoms with van der Waals surface area (Å²) in [4.78, 5) is 7.27. The molecule has 9 heteroatoms. The van der Waals surface area contributed by atoms with Crippen molar-refractivity contribution in [1.29, 1.82) is 0 Å². The highest BCUT2D eigenvalue weighted by Crippen LogP contribution is 2.34. The highest BCUT2D eigenvalue weighted by atomic mass is 19.4. The first kappa shape index (κ1) is 22.3. The molecule has 0 radical (unpaired) electrons. The van der Waals surface area contributed by atoms with E-state index >= 15 is 0 Å². The molecule has 0 bridgehead atoms. The predicted molar refractivity (Wildman–Crippen MR) is 112 cm³/mol. The van der Waals surface area contributed by atoms with Gasteiger partial charge in [0.1, 0.15) is 23.9 Å². The van der Waals surface area contributed by atoms with Gasteiger partial charge >= 0.3 is 6.18 Å². The molecule has 0 amide bonds. The number of H-pyrrole nitrogens is 1. The lowest BCUT2D eigenvalue weighted by atomic mass is 10.1. The van der Waals surface area contributed by atoms with Crippen LogP contribution in [0, 0.1) is 11.6 Å². The van der Waals surface area contributed by atoms with E-state index < -0.39 is 23.4 Å². The fourth-order valence-electron chi connectivity index (χ4n) is 3.19. The van der Waals surface area contributed by atoms with Gasteiger partial charge in [0.05, 0.1) is 24.6 Å². The number of rotatable bonds is 6. The fraction of sp³-hybridized carbons (Fsp3) is 0.125. The summed E-state index contributed by atoms with van der Waals surface area (Å²) in [7, 11) is 1.48. The third-order valence-electron chi connectivity index (χ3n) is 4.92.